The van der Waals surface area contributed by atoms with Gasteiger partial charge in [0.15, 0.2) is 5.78 Å². The molecule has 0 radical (unpaired) electrons. The van der Waals surface area contributed by atoms with Crippen molar-refractivity contribution < 1.29 is 53.5 Å². The molecule has 0 saturated heterocycles. The molecule has 2 rings (SSSR count). The third kappa shape index (κ3) is 9.22. The van der Waals surface area contributed by atoms with Crippen molar-refractivity contribution in [2.24, 2.45) is 0 Å². The summed E-state index contributed by atoms with van der Waals surface area (Å²) in [6, 6.07) is 3.23. The van der Waals surface area contributed by atoms with Gasteiger partial charge in [0.25, 0.3) is 0 Å². The van der Waals surface area contributed by atoms with Crippen molar-refractivity contribution in [1.82, 2.24) is 10.2 Å². The fraction of sp³-hybridized carbons (Fsp3) is 0.304. The van der Waals surface area contributed by atoms with Gasteiger partial charge in [-0.25, -0.2) is 9.18 Å². The average molecular weight is 702 g/mol. The Balaban J connectivity index is 2.42. The lowest BCUT2D eigenvalue weighted by atomic mass is 9.95. The molecular formula is C23H16Br2F10N2O2. The van der Waals surface area contributed by atoms with E-state index in [4.69, 9.17) is 0 Å². The number of Topliss-reactive ketones (excluding diaryl/α,β-unsaturated/α-hetero) is 1. The van der Waals surface area contributed by atoms with Crippen molar-refractivity contribution in [1.29, 1.82) is 0 Å². The first-order valence-corrected chi connectivity index (χ1v) is 12.0. The molecule has 0 fully saturated rings. The zero-order valence-electron chi connectivity index (χ0n) is 19.3. The van der Waals surface area contributed by atoms with Crippen LogP contribution in [0.5, 0.6) is 0 Å². The maximum Gasteiger partial charge on any atom is 0.417 e. The Morgan fingerprint density at radius 3 is 2.08 bits per heavy atom. The van der Waals surface area contributed by atoms with Gasteiger partial charge in [-0.15, -0.1) is 0 Å². The van der Waals surface area contributed by atoms with E-state index in [1.54, 1.807) is 0 Å². The van der Waals surface area contributed by atoms with E-state index in [-0.39, 0.29) is 16.6 Å². The number of nitrogens with one attached hydrogen (secondary N) is 1. The summed E-state index contributed by atoms with van der Waals surface area (Å²) in [7, 11) is 0.853. The van der Waals surface area contributed by atoms with Crippen molar-refractivity contribution >= 4 is 49.5 Å². The predicted molar refractivity (Wildman–Crippen MR) is 128 cm³/mol. The van der Waals surface area contributed by atoms with E-state index in [1.165, 1.54) is 11.4 Å². The highest BCUT2D eigenvalue weighted by molar-refractivity contribution is 9.13. The number of hydrogen-bond acceptors (Lipinski definition) is 2. The summed E-state index contributed by atoms with van der Waals surface area (Å²) in [6.07, 6.45) is -15.0. The molecule has 2 aromatic carbocycles. The minimum atomic E-state index is -5.28. The number of hydrogen-bond donors (Lipinski definition) is 1. The molecule has 0 aliphatic carbocycles. The molecule has 0 heterocycles. The van der Waals surface area contributed by atoms with Gasteiger partial charge in [0.05, 0.1) is 12.1 Å². The normalized spacial score (nSPS) is 13.7. The third-order valence-corrected chi connectivity index (χ3v) is 6.92. The van der Waals surface area contributed by atoms with E-state index in [0.29, 0.717) is 21.5 Å². The number of alkyl halides is 9. The van der Waals surface area contributed by atoms with Crippen LogP contribution in [-0.4, -0.2) is 49.2 Å². The summed E-state index contributed by atoms with van der Waals surface area (Å²) in [5, 5.41) is 1.43. The highest BCUT2D eigenvalue weighted by Gasteiger charge is 2.41. The number of nitrogens with zero attached hydrogens (tertiary/aromatic N) is 1. The number of amides is 2. The Bertz CT molecular complexity index is 1260. The molecule has 1 unspecified atom stereocenters. The fourth-order valence-electron chi connectivity index (χ4n) is 3.18. The van der Waals surface area contributed by atoms with Crippen LogP contribution in [-0.2, 0) is 6.18 Å². The summed E-state index contributed by atoms with van der Waals surface area (Å²) in [4.78, 5) is 24.6. The maximum atomic E-state index is 14.9. The number of allylic oxidation sites excluding steroid dienone is 1. The van der Waals surface area contributed by atoms with Crippen LogP contribution in [0.25, 0.3) is 5.83 Å². The summed E-state index contributed by atoms with van der Waals surface area (Å²) in [6.45, 7) is -2.84. The van der Waals surface area contributed by atoms with Gasteiger partial charge in [0.2, 0.25) is 0 Å². The second-order valence-electron chi connectivity index (χ2n) is 8.02. The molecule has 0 saturated carbocycles. The van der Waals surface area contributed by atoms with Crippen LogP contribution in [0.2, 0.25) is 0 Å². The van der Waals surface area contributed by atoms with Gasteiger partial charge in [-0.05, 0) is 61.7 Å². The van der Waals surface area contributed by atoms with Crippen LogP contribution in [0.15, 0.2) is 51.4 Å². The van der Waals surface area contributed by atoms with E-state index >= 15 is 0 Å². The molecule has 2 amide bonds. The Hall–Kier alpha value is -2.62. The summed E-state index contributed by atoms with van der Waals surface area (Å²) >= 11 is 6.10. The minimum Gasteiger partial charge on any atom is -0.329 e. The second-order valence-corrected chi connectivity index (χ2v) is 9.73. The summed E-state index contributed by atoms with van der Waals surface area (Å²) in [5.74, 6) is -5.57. The Labute approximate surface area is 231 Å². The van der Waals surface area contributed by atoms with Crippen molar-refractivity contribution in [2.45, 2.75) is 24.4 Å². The highest BCUT2D eigenvalue weighted by Crippen LogP contribution is 2.41. The van der Waals surface area contributed by atoms with Crippen molar-refractivity contribution in [2.75, 3.05) is 20.1 Å². The van der Waals surface area contributed by atoms with E-state index < -0.39 is 77.4 Å². The van der Waals surface area contributed by atoms with Gasteiger partial charge < -0.3 is 10.2 Å². The van der Waals surface area contributed by atoms with Gasteiger partial charge in [-0.1, -0.05) is 18.2 Å². The minimum absolute atomic E-state index is 0.0887. The maximum absolute atomic E-state index is 14.9. The molecule has 1 atom stereocenters. The van der Waals surface area contributed by atoms with E-state index in [2.05, 4.69) is 31.9 Å². The Morgan fingerprint density at radius 1 is 0.949 bits per heavy atom. The highest BCUT2D eigenvalue weighted by atomic mass is 79.9. The predicted octanol–water partition coefficient (Wildman–Crippen LogP) is 8.27. The summed E-state index contributed by atoms with van der Waals surface area (Å²) in [5.41, 5.74) is -4.12. The topological polar surface area (TPSA) is 49.4 Å². The molecular weight excluding hydrogens is 686 g/mol. The fourth-order valence-corrected chi connectivity index (χ4v) is 3.82. The zero-order chi connectivity index (χ0) is 29.9. The number of carbonyl (C=O) groups excluding carboxylic acids is 2. The molecule has 0 spiro atoms. The second kappa shape index (κ2) is 12.3. The molecule has 0 bridgehead atoms. The van der Waals surface area contributed by atoms with Crippen LogP contribution in [0.1, 0.15) is 33.0 Å². The van der Waals surface area contributed by atoms with Gasteiger partial charge in [0, 0.05) is 27.1 Å². The van der Waals surface area contributed by atoms with Crippen LogP contribution in [0.4, 0.5) is 48.7 Å². The van der Waals surface area contributed by atoms with Crippen molar-refractivity contribution in [3.05, 3.63) is 73.7 Å². The van der Waals surface area contributed by atoms with Crippen LogP contribution in [0.3, 0.4) is 0 Å². The molecule has 4 nitrogen and oxygen atoms in total. The van der Waals surface area contributed by atoms with Crippen LogP contribution in [0, 0.1) is 0 Å². The monoisotopic (exact) mass is 700 g/mol. The first-order valence-electron chi connectivity index (χ1n) is 10.4. The van der Waals surface area contributed by atoms with Gasteiger partial charge >= 0.3 is 24.6 Å². The van der Waals surface area contributed by atoms with Crippen molar-refractivity contribution in [3.63, 3.8) is 0 Å². The standard InChI is InChI=1S/C23H16Br2F10N2O2/c1-37(20(39)36-10-21(27,28)29)9-19(38)13-4-2-12(6-15(13)23(33,34)35)18(26)8-14(22(30,31)32)11-3-5-16(24)17(25)7-11/h2-8,14H,9-10H2,1H3,(H,36,39)/b18-8-. The molecule has 0 aliphatic heterocycles. The smallest absolute Gasteiger partial charge is 0.329 e. The summed E-state index contributed by atoms with van der Waals surface area (Å²) < 4.78 is 134. The van der Waals surface area contributed by atoms with Crippen LogP contribution >= 0.6 is 31.9 Å². The first kappa shape index (κ1) is 32.6. The van der Waals surface area contributed by atoms with E-state index in [0.717, 1.165) is 19.2 Å². The molecule has 16 heteroatoms. The molecule has 1 N–H and O–H groups in total. The molecule has 39 heavy (non-hydrogen) atoms. The largest absolute Gasteiger partial charge is 0.417 e. The molecule has 0 aliphatic rings. The number of carbonyl (C=O) groups is 2. The SMILES string of the molecule is CN(CC(=O)c1ccc(/C(F)=C/C(c2ccc(Br)c(Br)c2)C(F)(F)F)cc1C(F)(F)F)C(=O)NCC(F)(F)F. The number of likely N-dealkylation sites (N-methyl/N-ethyl adjacent to an activating group) is 1. The number of ketones is 1. The number of urea groups is 1. The van der Waals surface area contributed by atoms with Gasteiger partial charge in [-0.3, -0.25) is 4.79 Å². The molecule has 214 valence electrons. The lowest BCUT2D eigenvalue weighted by Gasteiger charge is -2.20. The third-order valence-electron chi connectivity index (χ3n) is 5.04. The van der Waals surface area contributed by atoms with E-state index in [9.17, 15) is 53.5 Å². The lowest BCUT2D eigenvalue weighted by molar-refractivity contribution is -0.140. The number of halogens is 12. The molecule has 2 aromatic rings. The van der Waals surface area contributed by atoms with Crippen LogP contribution < -0.4 is 5.32 Å². The molecule has 0 aromatic heterocycles. The number of rotatable bonds is 7. The first-order chi connectivity index (χ1) is 17.7. The van der Waals surface area contributed by atoms with Crippen molar-refractivity contribution in [3.8, 4) is 0 Å². The average Bonchev–Trinajstić information content (AvgIpc) is 2.80. The zero-order valence-corrected chi connectivity index (χ0v) is 22.5. The Kier molecular flexibility index (Phi) is 10.3. The quantitative estimate of drug-likeness (QED) is 0.234. The van der Waals surface area contributed by atoms with E-state index in [1.807, 2.05) is 0 Å². The Morgan fingerprint density at radius 2 is 1.56 bits per heavy atom. The van der Waals surface area contributed by atoms with Gasteiger partial charge in [-0.2, -0.15) is 39.5 Å². The number of benzene rings is 2. The lowest BCUT2D eigenvalue weighted by Crippen LogP contribution is -2.43. The van der Waals surface area contributed by atoms with Gasteiger partial charge in [0.1, 0.15) is 18.3 Å².